The lowest BCUT2D eigenvalue weighted by Crippen LogP contribution is -2.52. The Morgan fingerprint density at radius 2 is 2.38 bits per heavy atom. The standard InChI is InChI=1S/C11H13ClN2O2/c12-8-3-1-2-7(6-8)11(13)4-5-14-9(11)10(15)16/h1-3,6,9,14H,4-5,13H2,(H,15,16). The number of carboxylic acid groups (broad SMARTS) is 1. The number of rotatable bonds is 2. The van der Waals surface area contributed by atoms with E-state index in [2.05, 4.69) is 5.32 Å². The van der Waals surface area contributed by atoms with E-state index in [1.807, 2.05) is 6.07 Å². The Hall–Kier alpha value is -1.10. The maximum Gasteiger partial charge on any atom is 0.322 e. The van der Waals surface area contributed by atoms with E-state index in [9.17, 15) is 4.79 Å². The van der Waals surface area contributed by atoms with Crippen LogP contribution in [0.5, 0.6) is 0 Å². The number of nitrogens with one attached hydrogen (secondary N) is 1. The third-order valence-corrected chi connectivity index (χ3v) is 3.25. The van der Waals surface area contributed by atoms with Gasteiger partial charge in [-0.1, -0.05) is 23.7 Å². The number of nitrogens with two attached hydrogens (primary N) is 1. The molecule has 86 valence electrons. The summed E-state index contributed by atoms with van der Waals surface area (Å²) in [6, 6.07) is 6.31. The quantitative estimate of drug-likeness (QED) is 0.719. The van der Waals surface area contributed by atoms with Crippen molar-refractivity contribution in [2.45, 2.75) is 18.0 Å². The van der Waals surface area contributed by atoms with Crippen LogP contribution >= 0.6 is 11.6 Å². The summed E-state index contributed by atoms with van der Waals surface area (Å²) in [6.45, 7) is 0.597. The first-order chi connectivity index (χ1) is 7.54. The highest BCUT2D eigenvalue weighted by Crippen LogP contribution is 2.31. The molecule has 4 N–H and O–H groups in total. The predicted molar refractivity (Wildman–Crippen MR) is 61.4 cm³/mol. The highest BCUT2D eigenvalue weighted by Gasteiger charge is 2.45. The first-order valence-electron chi connectivity index (χ1n) is 5.05. The van der Waals surface area contributed by atoms with Crippen LogP contribution in [0.15, 0.2) is 24.3 Å². The van der Waals surface area contributed by atoms with Crippen molar-refractivity contribution in [1.82, 2.24) is 5.32 Å². The minimum atomic E-state index is -0.931. The van der Waals surface area contributed by atoms with Crippen molar-refractivity contribution in [3.8, 4) is 0 Å². The van der Waals surface area contributed by atoms with Gasteiger partial charge < -0.3 is 16.2 Å². The average molecular weight is 241 g/mol. The van der Waals surface area contributed by atoms with Crippen molar-refractivity contribution >= 4 is 17.6 Å². The van der Waals surface area contributed by atoms with Crippen LogP contribution in [0, 0.1) is 0 Å². The maximum atomic E-state index is 11.1. The number of hydrogen-bond acceptors (Lipinski definition) is 3. The van der Waals surface area contributed by atoms with Gasteiger partial charge in [0.25, 0.3) is 0 Å². The van der Waals surface area contributed by atoms with Gasteiger partial charge in [-0.3, -0.25) is 4.79 Å². The van der Waals surface area contributed by atoms with Crippen LogP contribution in [0.2, 0.25) is 5.02 Å². The molecule has 16 heavy (non-hydrogen) atoms. The van der Waals surface area contributed by atoms with E-state index in [1.54, 1.807) is 18.2 Å². The van der Waals surface area contributed by atoms with Crippen LogP contribution in [0.1, 0.15) is 12.0 Å². The second-order valence-electron chi connectivity index (χ2n) is 4.03. The topological polar surface area (TPSA) is 75.3 Å². The number of halogens is 1. The Morgan fingerprint density at radius 3 is 3.00 bits per heavy atom. The molecule has 5 heteroatoms. The summed E-state index contributed by atoms with van der Waals surface area (Å²) in [7, 11) is 0. The van der Waals surface area contributed by atoms with Gasteiger partial charge in [0.2, 0.25) is 0 Å². The maximum absolute atomic E-state index is 11.1. The van der Waals surface area contributed by atoms with E-state index in [0.717, 1.165) is 5.56 Å². The summed E-state index contributed by atoms with van der Waals surface area (Å²) in [6.07, 6.45) is 0.588. The van der Waals surface area contributed by atoms with Crippen LogP contribution in [0.25, 0.3) is 0 Å². The first-order valence-corrected chi connectivity index (χ1v) is 5.43. The van der Waals surface area contributed by atoms with E-state index >= 15 is 0 Å². The molecule has 0 amide bonds. The molecule has 0 spiro atoms. The number of aliphatic carboxylic acids is 1. The molecule has 0 bridgehead atoms. The van der Waals surface area contributed by atoms with Gasteiger partial charge >= 0.3 is 5.97 Å². The molecule has 0 aliphatic carbocycles. The lowest BCUT2D eigenvalue weighted by Gasteiger charge is -2.28. The third-order valence-electron chi connectivity index (χ3n) is 3.01. The molecule has 2 unspecified atom stereocenters. The van der Waals surface area contributed by atoms with Gasteiger partial charge in [-0.25, -0.2) is 0 Å². The van der Waals surface area contributed by atoms with Crippen molar-refractivity contribution in [1.29, 1.82) is 0 Å². The second kappa shape index (κ2) is 4.05. The minimum absolute atomic E-state index is 0.568. The zero-order valence-corrected chi connectivity index (χ0v) is 9.37. The first kappa shape index (κ1) is 11.4. The largest absolute Gasteiger partial charge is 0.480 e. The molecular formula is C11H13ClN2O2. The molecule has 0 saturated carbocycles. The van der Waals surface area contributed by atoms with Crippen LogP contribution in [0.3, 0.4) is 0 Å². The molecule has 0 radical (unpaired) electrons. The van der Waals surface area contributed by atoms with Crippen molar-refractivity contribution < 1.29 is 9.90 Å². The van der Waals surface area contributed by atoms with Gasteiger partial charge in [-0.15, -0.1) is 0 Å². The van der Waals surface area contributed by atoms with E-state index < -0.39 is 17.6 Å². The molecule has 2 atom stereocenters. The monoisotopic (exact) mass is 240 g/mol. The zero-order valence-electron chi connectivity index (χ0n) is 8.61. The summed E-state index contributed by atoms with van der Waals surface area (Å²) in [5.41, 5.74) is 6.08. The van der Waals surface area contributed by atoms with Crippen molar-refractivity contribution in [3.63, 3.8) is 0 Å². The summed E-state index contributed by atoms with van der Waals surface area (Å²) in [5.74, 6) is -0.931. The average Bonchev–Trinajstić information content (AvgIpc) is 2.62. The SMILES string of the molecule is NC1(c2cccc(Cl)c2)CCNC1C(=O)O. The smallest absolute Gasteiger partial charge is 0.322 e. The molecular weight excluding hydrogens is 228 g/mol. The van der Waals surface area contributed by atoms with E-state index in [-0.39, 0.29) is 0 Å². The summed E-state index contributed by atoms with van der Waals surface area (Å²) in [5, 5.41) is 12.6. The van der Waals surface area contributed by atoms with Crippen molar-refractivity contribution in [2.75, 3.05) is 6.54 Å². The lowest BCUT2D eigenvalue weighted by molar-refractivity contribution is -0.140. The molecule has 4 nitrogen and oxygen atoms in total. The van der Waals surface area contributed by atoms with E-state index in [4.69, 9.17) is 22.4 Å². The molecule has 2 rings (SSSR count). The van der Waals surface area contributed by atoms with E-state index in [0.29, 0.717) is 18.0 Å². The molecule has 1 aliphatic heterocycles. The number of carboxylic acids is 1. The zero-order chi connectivity index (χ0) is 11.8. The molecule has 0 aromatic heterocycles. The summed E-state index contributed by atoms with van der Waals surface area (Å²) < 4.78 is 0. The Morgan fingerprint density at radius 1 is 1.62 bits per heavy atom. The molecule has 1 heterocycles. The molecule has 1 saturated heterocycles. The normalized spacial score (nSPS) is 29.2. The Balaban J connectivity index is 2.41. The fourth-order valence-electron chi connectivity index (χ4n) is 2.15. The van der Waals surface area contributed by atoms with Crippen molar-refractivity contribution in [3.05, 3.63) is 34.9 Å². The fourth-order valence-corrected chi connectivity index (χ4v) is 2.34. The van der Waals surface area contributed by atoms with Gasteiger partial charge in [0.05, 0.1) is 5.54 Å². The highest BCUT2D eigenvalue weighted by molar-refractivity contribution is 6.30. The number of benzene rings is 1. The Kier molecular flexibility index (Phi) is 2.88. The fraction of sp³-hybridized carbons (Fsp3) is 0.364. The van der Waals surface area contributed by atoms with Crippen LogP contribution in [-0.2, 0) is 10.3 Å². The predicted octanol–water partition coefficient (Wildman–Crippen LogP) is 0.940. The second-order valence-corrected chi connectivity index (χ2v) is 4.46. The minimum Gasteiger partial charge on any atom is -0.480 e. The van der Waals surface area contributed by atoms with Crippen LogP contribution in [0.4, 0.5) is 0 Å². The Bertz CT molecular complexity index is 424. The number of carbonyl (C=O) groups is 1. The summed E-state index contributed by atoms with van der Waals surface area (Å²) >= 11 is 5.89. The van der Waals surface area contributed by atoms with Crippen molar-refractivity contribution in [2.24, 2.45) is 5.73 Å². The third kappa shape index (κ3) is 1.80. The lowest BCUT2D eigenvalue weighted by atomic mass is 9.84. The van der Waals surface area contributed by atoms with E-state index in [1.165, 1.54) is 0 Å². The van der Waals surface area contributed by atoms with Crippen LogP contribution < -0.4 is 11.1 Å². The molecule has 1 aromatic rings. The van der Waals surface area contributed by atoms with Crippen LogP contribution in [-0.4, -0.2) is 23.7 Å². The van der Waals surface area contributed by atoms with Gasteiger partial charge in [0.15, 0.2) is 0 Å². The Labute approximate surface area is 98.4 Å². The molecule has 1 aliphatic rings. The molecule has 1 aromatic carbocycles. The highest BCUT2D eigenvalue weighted by atomic mass is 35.5. The van der Waals surface area contributed by atoms with Gasteiger partial charge in [0.1, 0.15) is 6.04 Å². The van der Waals surface area contributed by atoms with Gasteiger partial charge in [-0.2, -0.15) is 0 Å². The number of hydrogen-bond donors (Lipinski definition) is 3. The van der Waals surface area contributed by atoms with Gasteiger partial charge in [0, 0.05) is 5.02 Å². The molecule has 1 fully saturated rings. The summed E-state index contributed by atoms with van der Waals surface area (Å²) in [4.78, 5) is 11.1. The van der Waals surface area contributed by atoms with Gasteiger partial charge in [-0.05, 0) is 30.7 Å².